The van der Waals surface area contributed by atoms with E-state index in [1.54, 1.807) is 7.11 Å². The monoisotopic (exact) mass is 278 g/mol. The predicted octanol–water partition coefficient (Wildman–Crippen LogP) is -0.826. The summed E-state index contributed by atoms with van der Waals surface area (Å²) in [5, 5.41) is 22.1. The molecule has 0 bridgehead atoms. The van der Waals surface area contributed by atoms with Crippen LogP contribution in [0.5, 0.6) is 0 Å². The fourth-order valence-electron chi connectivity index (χ4n) is 1.11. The van der Waals surface area contributed by atoms with Crippen molar-refractivity contribution in [3.05, 3.63) is 0 Å². The van der Waals surface area contributed by atoms with Crippen LogP contribution in [0.25, 0.3) is 0 Å². The molecule has 0 unspecified atom stereocenters. The van der Waals surface area contributed by atoms with Crippen LogP contribution in [-0.2, 0) is 14.3 Å². The van der Waals surface area contributed by atoms with Crippen LogP contribution in [0.2, 0.25) is 0 Å². The van der Waals surface area contributed by atoms with Gasteiger partial charge in [-0.2, -0.15) is 0 Å². The van der Waals surface area contributed by atoms with Crippen molar-refractivity contribution in [2.45, 2.75) is 18.9 Å². The van der Waals surface area contributed by atoms with Crippen LogP contribution < -0.4 is 10.6 Å². The SMILES string of the molecule is COCCOCCCCNC(=O)NC[C@H](O)C(=O)O. The first-order valence-electron chi connectivity index (χ1n) is 6.07. The molecular weight excluding hydrogens is 256 g/mol. The molecule has 0 aromatic rings. The van der Waals surface area contributed by atoms with E-state index in [-0.39, 0.29) is 6.54 Å². The molecule has 4 N–H and O–H groups in total. The van der Waals surface area contributed by atoms with Crippen molar-refractivity contribution in [1.82, 2.24) is 10.6 Å². The molecule has 2 amide bonds. The first kappa shape index (κ1) is 17.6. The maximum atomic E-state index is 11.2. The minimum Gasteiger partial charge on any atom is -0.479 e. The maximum Gasteiger partial charge on any atom is 0.334 e. The molecular formula is C11H22N2O6. The molecule has 0 saturated carbocycles. The van der Waals surface area contributed by atoms with E-state index in [1.807, 2.05) is 0 Å². The highest BCUT2D eigenvalue weighted by Crippen LogP contribution is 1.89. The number of carboxylic acid groups (broad SMARTS) is 1. The molecule has 0 rings (SSSR count). The van der Waals surface area contributed by atoms with Crippen molar-refractivity contribution in [2.75, 3.05) is 40.0 Å². The van der Waals surface area contributed by atoms with Crippen molar-refractivity contribution in [2.24, 2.45) is 0 Å². The van der Waals surface area contributed by atoms with Crippen LogP contribution in [0.15, 0.2) is 0 Å². The Labute approximate surface area is 112 Å². The number of hydrogen-bond donors (Lipinski definition) is 4. The van der Waals surface area contributed by atoms with Crippen LogP contribution in [0.3, 0.4) is 0 Å². The minimum absolute atomic E-state index is 0.318. The smallest absolute Gasteiger partial charge is 0.334 e. The Hall–Kier alpha value is -1.38. The molecule has 0 spiro atoms. The highest BCUT2D eigenvalue weighted by atomic mass is 16.5. The summed E-state index contributed by atoms with van der Waals surface area (Å²) >= 11 is 0. The molecule has 0 aliphatic carbocycles. The largest absolute Gasteiger partial charge is 0.479 e. The third-order valence-electron chi connectivity index (χ3n) is 2.17. The van der Waals surface area contributed by atoms with E-state index >= 15 is 0 Å². The lowest BCUT2D eigenvalue weighted by atomic mass is 10.3. The fraction of sp³-hybridized carbons (Fsp3) is 0.818. The van der Waals surface area contributed by atoms with Gasteiger partial charge in [-0.25, -0.2) is 9.59 Å². The number of hydrogen-bond acceptors (Lipinski definition) is 5. The molecule has 0 radical (unpaired) electrons. The van der Waals surface area contributed by atoms with Gasteiger partial charge in [-0.05, 0) is 12.8 Å². The lowest BCUT2D eigenvalue weighted by Crippen LogP contribution is -2.42. The van der Waals surface area contributed by atoms with E-state index in [0.29, 0.717) is 26.4 Å². The summed E-state index contributed by atoms with van der Waals surface area (Å²) in [7, 11) is 1.60. The van der Waals surface area contributed by atoms with E-state index in [4.69, 9.17) is 19.7 Å². The van der Waals surface area contributed by atoms with Crippen LogP contribution >= 0.6 is 0 Å². The zero-order chi connectivity index (χ0) is 14.5. The Morgan fingerprint density at radius 3 is 2.53 bits per heavy atom. The molecule has 0 fully saturated rings. The molecule has 1 atom stereocenters. The maximum absolute atomic E-state index is 11.2. The van der Waals surface area contributed by atoms with Crippen molar-refractivity contribution < 1.29 is 29.3 Å². The molecule has 8 nitrogen and oxygen atoms in total. The van der Waals surface area contributed by atoms with Gasteiger partial charge in [-0.1, -0.05) is 0 Å². The Kier molecular flexibility index (Phi) is 10.8. The third-order valence-corrected chi connectivity index (χ3v) is 2.17. The van der Waals surface area contributed by atoms with Crippen LogP contribution in [0.4, 0.5) is 4.79 Å². The summed E-state index contributed by atoms with van der Waals surface area (Å²) in [6, 6.07) is -0.499. The number of nitrogens with one attached hydrogen (secondary N) is 2. The molecule has 112 valence electrons. The molecule has 8 heteroatoms. The Morgan fingerprint density at radius 2 is 1.89 bits per heavy atom. The second kappa shape index (κ2) is 11.7. The second-order valence-electron chi connectivity index (χ2n) is 3.80. The molecule has 0 saturated heterocycles. The molecule has 0 aliphatic heterocycles. The standard InChI is InChI=1S/C11H22N2O6/c1-18-6-7-19-5-3-2-4-12-11(17)13-8-9(14)10(15)16/h9,14H,2-8H2,1H3,(H,15,16)(H2,12,13,17)/t9-/m0/s1. The van der Waals surface area contributed by atoms with E-state index in [0.717, 1.165) is 12.8 Å². The minimum atomic E-state index is -1.58. The van der Waals surface area contributed by atoms with E-state index in [9.17, 15) is 9.59 Å². The summed E-state index contributed by atoms with van der Waals surface area (Å²) < 4.78 is 10.0. The van der Waals surface area contributed by atoms with Crippen molar-refractivity contribution in [1.29, 1.82) is 0 Å². The fourth-order valence-corrected chi connectivity index (χ4v) is 1.11. The second-order valence-corrected chi connectivity index (χ2v) is 3.80. The van der Waals surface area contributed by atoms with Crippen molar-refractivity contribution >= 4 is 12.0 Å². The molecule has 0 aromatic carbocycles. The molecule has 19 heavy (non-hydrogen) atoms. The number of unbranched alkanes of at least 4 members (excludes halogenated alkanes) is 1. The highest BCUT2D eigenvalue weighted by molar-refractivity contribution is 5.76. The Bertz CT molecular complexity index is 262. The van der Waals surface area contributed by atoms with Gasteiger partial charge in [0.2, 0.25) is 0 Å². The number of amides is 2. The van der Waals surface area contributed by atoms with Gasteiger partial charge >= 0.3 is 12.0 Å². The average Bonchev–Trinajstić information content (AvgIpc) is 2.38. The normalized spacial score (nSPS) is 11.9. The number of aliphatic hydroxyl groups is 1. The topological polar surface area (TPSA) is 117 Å². The zero-order valence-electron chi connectivity index (χ0n) is 11.1. The highest BCUT2D eigenvalue weighted by Gasteiger charge is 2.13. The van der Waals surface area contributed by atoms with Gasteiger partial charge in [-0.3, -0.25) is 0 Å². The van der Waals surface area contributed by atoms with Crippen molar-refractivity contribution in [3.63, 3.8) is 0 Å². The van der Waals surface area contributed by atoms with Crippen LogP contribution in [-0.4, -0.2) is 68.3 Å². The number of ether oxygens (including phenoxy) is 2. The number of aliphatic hydroxyl groups excluding tert-OH is 1. The van der Waals surface area contributed by atoms with E-state index in [1.165, 1.54) is 0 Å². The summed E-state index contributed by atoms with van der Waals surface area (Å²) in [6.07, 6.45) is -0.0242. The summed E-state index contributed by atoms with van der Waals surface area (Å²) in [5.41, 5.74) is 0. The number of methoxy groups -OCH3 is 1. The summed E-state index contributed by atoms with van der Waals surface area (Å²) in [5.74, 6) is -1.37. The van der Waals surface area contributed by atoms with Gasteiger partial charge in [0.25, 0.3) is 0 Å². The lowest BCUT2D eigenvalue weighted by molar-refractivity contribution is -0.146. The zero-order valence-corrected chi connectivity index (χ0v) is 11.1. The van der Waals surface area contributed by atoms with Crippen molar-refractivity contribution in [3.8, 4) is 0 Å². The average molecular weight is 278 g/mol. The lowest BCUT2D eigenvalue weighted by Gasteiger charge is -2.09. The molecule has 0 aliphatic rings. The van der Waals surface area contributed by atoms with Gasteiger partial charge in [0.15, 0.2) is 6.10 Å². The number of carbonyl (C=O) groups excluding carboxylic acids is 1. The molecule has 0 aromatic heterocycles. The number of carboxylic acids is 1. The first-order valence-corrected chi connectivity index (χ1v) is 6.07. The van der Waals surface area contributed by atoms with Gasteiger partial charge in [0.05, 0.1) is 19.8 Å². The summed E-state index contributed by atoms with van der Waals surface area (Å²) in [4.78, 5) is 21.4. The Balaban J connectivity index is 3.32. The van der Waals surface area contributed by atoms with Gasteiger partial charge in [0.1, 0.15) is 0 Å². The van der Waals surface area contributed by atoms with E-state index < -0.39 is 18.1 Å². The van der Waals surface area contributed by atoms with Gasteiger partial charge < -0.3 is 30.3 Å². The summed E-state index contributed by atoms with van der Waals surface area (Å²) in [6.45, 7) is 1.86. The number of urea groups is 1. The number of carbonyl (C=O) groups is 2. The first-order chi connectivity index (χ1) is 9.07. The molecule has 0 heterocycles. The third kappa shape index (κ3) is 11.4. The van der Waals surface area contributed by atoms with E-state index in [2.05, 4.69) is 10.6 Å². The number of aliphatic carboxylic acids is 1. The van der Waals surface area contributed by atoms with Gasteiger partial charge in [0, 0.05) is 20.3 Å². The quantitative estimate of drug-likeness (QED) is 0.367. The van der Waals surface area contributed by atoms with Crippen LogP contribution in [0.1, 0.15) is 12.8 Å². The number of rotatable bonds is 11. The Morgan fingerprint density at radius 1 is 1.16 bits per heavy atom. The van der Waals surface area contributed by atoms with Crippen LogP contribution in [0, 0.1) is 0 Å². The predicted molar refractivity (Wildman–Crippen MR) is 67.0 cm³/mol. The van der Waals surface area contributed by atoms with Gasteiger partial charge in [-0.15, -0.1) is 0 Å².